The molecule has 0 bridgehead atoms. The molecule has 0 radical (unpaired) electrons. The second-order valence-electron chi connectivity index (χ2n) is 5.98. The summed E-state index contributed by atoms with van der Waals surface area (Å²) in [5.41, 5.74) is -1.48. The molecule has 0 aliphatic rings. The summed E-state index contributed by atoms with van der Waals surface area (Å²) in [6.45, 7) is 4.45. The van der Waals surface area contributed by atoms with Crippen molar-refractivity contribution in [2.45, 2.75) is 45.3 Å². The summed E-state index contributed by atoms with van der Waals surface area (Å²) in [6, 6.07) is 3.95. The van der Waals surface area contributed by atoms with E-state index in [9.17, 15) is 22.8 Å². The number of halogens is 5. The van der Waals surface area contributed by atoms with Gasteiger partial charge in [0.1, 0.15) is 0 Å². The third-order valence-electron chi connectivity index (χ3n) is 3.32. The van der Waals surface area contributed by atoms with Crippen molar-refractivity contribution in [3.05, 3.63) is 27.7 Å². The molecule has 10 heteroatoms. The van der Waals surface area contributed by atoms with Gasteiger partial charge in [0.2, 0.25) is 0 Å². The van der Waals surface area contributed by atoms with E-state index in [1.165, 1.54) is 19.9 Å². The number of carbonyl (C=O) groups is 2. The number of ketones is 1. The summed E-state index contributed by atoms with van der Waals surface area (Å²) in [7, 11) is 0. The lowest BCUT2D eigenvalue weighted by Crippen LogP contribution is -2.55. The molecule has 0 fully saturated rings. The maximum absolute atomic E-state index is 12.3. The number of hydrogen-bond donors (Lipinski definition) is 1. The molecule has 146 valence electrons. The minimum absolute atomic E-state index is 0.128. The summed E-state index contributed by atoms with van der Waals surface area (Å²) in [6.07, 6.45) is -6.39. The molecule has 0 saturated carbocycles. The Morgan fingerprint density at radius 2 is 1.88 bits per heavy atom. The lowest BCUT2D eigenvalue weighted by molar-refractivity contribution is -0.145. The molecule has 0 spiro atoms. The molecular weight excluding hydrogens is 441 g/mol. The van der Waals surface area contributed by atoms with E-state index in [0.29, 0.717) is 9.50 Å². The number of amides is 2. The Morgan fingerprint density at radius 1 is 1.27 bits per heavy atom. The van der Waals surface area contributed by atoms with Gasteiger partial charge in [-0.1, -0.05) is 27.5 Å². The molecule has 26 heavy (non-hydrogen) atoms. The summed E-state index contributed by atoms with van der Waals surface area (Å²) >= 11 is 9.15. The molecule has 1 rings (SSSR count). The van der Waals surface area contributed by atoms with Gasteiger partial charge in [-0.15, -0.1) is 0 Å². The second-order valence-corrected chi connectivity index (χ2v) is 7.34. The molecule has 0 aromatic heterocycles. The van der Waals surface area contributed by atoms with E-state index in [0.717, 1.165) is 5.06 Å². The Labute approximate surface area is 162 Å². The number of carbonyl (C=O) groups excluding carboxylic acids is 2. The zero-order valence-corrected chi connectivity index (χ0v) is 16.8. The van der Waals surface area contributed by atoms with Crippen LogP contribution in [0, 0.1) is 0 Å². The largest absolute Gasteiger partial charge is 0.389 e. The zero-order chi connectivity index (χ0) is 20.1. The SMILES string of the molecule is CCN(Oc1cc(Cl)cc(Br)c1)C(=O)NC(C)(C)C(=O)CCC(F)(F)F. The van der Waals surface area contributed by atoms with Crippen molar-refractivity contribution in [1.29, 1.82) is 0 Å². The number of nitrogens with one attached hydrogen (secondary N) is 1. The predicted octanol–water partition coefficient (Wildman–Crippen LogP) is 5.12. The van der Waals surface area contributed by atoms with Gasteiger partial charge in [-0.2, -0.15) is 18.2 Å². The maximum atomic E-state index is 12.3. The Kier molecular flexibility index (Phi) is 7.76. The van der Waals surface area contributed by atoms with Crippen LogP contribution in [-0.4, -0.2) is 35.1 Å². The van der Waals surface area contributed by atoms with Crippen LogP contribution >= 0.6 is 27.5 Å². The summed E-state index contributed by atoms with van der Waals surface area (Å²) in [5, 5.41) is 3.72. The smallest absolute Gasteiger partial charge is 0.375 e. The topological polar surface area (TPSA) is 58.6 Å². The van der Waals surface area contributed by atoms with Crippen LogP contribution in [-0.2, 0) is 4.79 Å². The van der Waals surface area contributed by atoms with Gasteiger partial charge in [0.05, 0.1) is 18.5 Å². The molecule has 1 aromatic rings. The van der Waals surface area contributed by atoms with Crippen molar-refractivity contribution in [2.75, 3.05) is 6.54 Å². The van der Waals surface area contributed by atoms with Gasteiger partial charge in [0.15, 0.2) is 11.5 Å². The molecule has 0 aliphatic heterocycles. The van der Waals surface area contributed by atoms with E-state index < -0.39 is 36.4 Å². The second kappa shape index (κ2) is 8.94. The van der Waals surface area contributed by atoms with Crippen LogP contribution < -0.4 is 10.2 Å². The van der Waals surface area contributed by atoms with E-state index in [1.54, 1.807) is 19.1 Å². The normalized spacial score (nSPS) is 11.8. The van der Waals surface area contributed by atoms with Crippen LogP contribution in [0.15, 0.2) is 22.7 Å². The van der Waals surface area contributed by atoms with Crippen molar-refractivity contribution in [2.24, 2.45) is 0 Å². The van der Waals surface area contributed by atoms with Crippen molar-refractivity contribution in [3.8, 4) is 5.75 Å². The monoisotopic (exact) mass is 458 g/mol. The molecular formula is C16H19BrClF3N2O3. The van der Waals surface area contributed by atoms with Gasteiger partial charge < -0.3 is 10.2 Å². The highest BCUT2D eigenvalue weighted by Crippen LogP contribution is 2.26. The molecule has 1 N–H and O–H groups in total. The fourth-order valence-electron chi connectivity index (χ4n) is 1.93. The Hall–Kier alpha value is -1.48. The van der Waals surface area contributed by atoms with Crippen LogP contribution in [0.5, 0.6) is 5.75 Å². The van der Waals surface area contributed by atoms with Crippen molar-refractivity contribution < 1.29 is 27.6 Å². The van der Waals surface area contributed by atoms with Gasteiger partial charge in [-0.3, -0.25) is 4.79 Å². The van der Waals surface area contributed by atoms with Crippen LogP contribution in [0.3, 0.4) is 0 Å². The number of urea groups is 1. The quantitative estimate of drug-likeness (QED) is 0.576. The van der Waals surface area contributed by atoms with Gasteiger partial charge in [0, 0.05) is 22.0 Å². The highest BCUT2D eigenvalue weighted by Gasteiger charge is 2.35. The highest BCUT2D eigenvalue weighted by atomic mass is 79.9. The maximum Gasteiger partial charge on any atom is 0.389 e. The van der Waals surface area contributed by atoms with Crippen LogP contribution in [0.4, 0.5) is 18.0 Å². The Bertz CT molecular complexity index is 648. The molecule has 0 atom stereocenters. The molecule has 5 nitrogen and oxygen atoms in total. The fraction of sp³-hybridized carbons (Fsp3) is 0.500. The first kappa shape index (κ1) is 22.6. The standard InChI is InChI=1S/C16H19BrClF3N2O3/c1-4-23(26-12-8-10(17)7-11(18)9-12)14(25)22-15(2,3)13(24)5-6-16(19,20)21/h7-9H,4-6H2,1-3H3,(H,22,25). The van der Waals surface area contributed by atoms with E-state index in [2.05, 4.69) is 21.2 Å². The van der Waals surface area contributed by atoms with E-state index >= 15 is 0 Å². The van der Waals surface area contributed by atoms with Crippen LogP contribution in [0.25, 0.3) is 0 Å². The number of hydroxylamine groups is 2. The minimum Gasteiger partial charge on any atom is -0.375 e. The first-order chi connectivity index (χ1) is 11.8. The number of Topliss-reactive ketones (excluding diaryl/α,β-unsaturated/α-hetero) is 1. The molecule has 1 aromatic carbocycles. The van der Waals surface area contributed by atoms with E-state index in [1.807, 2.05) is 0 Å². The fourth-order valence-corrected chi connectivity index (χ4v) is 2.75. The van der Waals surface area contributed by atoms with Gasteiger partial charge >= 0.3 is 12.2 Å². The molecule has 0 saturated heterocycles. The van der Waals surface area contributed by atoms with Gasteiger partial charge in [0.25, 0.3) is 0 Å². The third-order valence-corrected chi connectivity index (χ3v) is 3.99. The number of rotatable bonds is 7. The van der Waals surface area contributed by atoms with Crippen molar-refractivity contribution >= 4 is 39.3 Å². The number of hydrogen-bond acceptors (Lipinski definition) is 3. The average molecular weight is 460 g/mol. The zero-order valence-electron chi connectivity index (χ0n) is 14.4. The average Bonchev–Trinajstić information content (AvgIpc) is 2.47. The third kappa shape index (κ3) is 7.41. The Morgan fingerprint density at radius 3 is 2.38 bits per heavy atom. The minimum atomic E-state index is -4.44. The lowest BCUT2D eigenvalue weighted by Gasteiger charge is -2.29. The predicted molar refractivity (Wildman–Crippen MR) is 95.1 cm³/mol. The lowest BCUT2D eigenvalue weighted by atomic mass is 9.95. The molecule has 2 amide bonds. The van der Waals surface area contributed by atoms with Crippen LogP contribution in [0.2, 0.25) is 5.02 Å². The number of nitrogens with zero attached hydrogens (tertiary/aromatic N) is 1. The van der Waals surface area contributed by atoms with E-state index in [-0.39, 0.29) is 12.3 Å². The molecule has 0 aliphatic carbocycles. The molecule has 0 unspecified atom stereocenters. The van der Waals surface area contributed by atoms with Gasteiger partial charge in [-0.05, 0) is 32.9 Å². The van der Waals surface area contributed by atoms with Gasteiger partial charge in [-0.25, -0.2) is 4.79 Å². The number of benzene rings is 1. The van der Waals surface area contributed by atoms with E-state index in [4.69, 9.17) is 16.4 Å². The number of alkyl halides is 3. The van der Waals surface area contributed by atoms with Crippen LogP contribution in [0.1, 0.15) is 33.6 Å². The first-order valence-electron chi connectivity index (χ1n) is 7.68. The summed E-state index contributed by atoms with van der Waals surface area (Å²) in [5.74, 6) is -0.452. The molecule has 0 heterocycles. The van der Waals surface area contributed by atoms with Crippen molar-refractivity contribution in [1.82, 2.24) is 10.4 Å². The summed E-state index contributed by atoms with van der Waals surface area (Å²) < 4.78 is 37.5. The first-order valence-corrected chi connectivity index (χ1v) is 8.85. The van der Waals surface area contributed by atoms with Crippen molar-refractivity contribution in [3.63, 3.8) is 0 Å². The Balaban J connectivity index is 2.76. The summed E-state index contributed by atoms with van der Waals surface area (Å²) in [4.78, 5) is 29.8. The highest BCUT2D eigenvalue weighted by molar-refractivity contribution is 9.10.